The summed E-state index contributed by atoms with van der Waals surface area (Å²) < 4.78 is 1.84. The standard InChI is InChI=1S/C18H29N5O2/c1-2-5-16(24)21-15-6-3-12-22(14-15)17(25)18(7-10-19-11-8-18)23-13-4-9-20-23/h4,9,13,15,19H,2-3,5-8,10-12,14H2,1H3,(H,21,24). The maximum atomic E-state index is 13.5. The average molecular weight is 347 g/mol. The molecule has 2 aliphatic heterocycles. The summed E-state index contributed by atoms with van der Waals surface area (Å²) in [6.45, 7) is 4.99. The number of likely N-dealkylation sites (tertiary alicyclic amines) is 1. The zero-order chi connectivity index (χ0) is 17.7. The lowest BCUT2D eigenvalue weighted by atomic mass is 9.86. The van der Waals surface area contributed by atoms with Gasteiger partial charge in [0.05, 0.1) is 0 Å². The van der Waals surface area contributed by atoms with E-state index in [0.717, 1.165) is 51.7 Å². The van der Waals surface area contributed by atoms with Crippen LogP contribution in [0.3, 0.4) is 0 Å². The van der Waals surface area contributed by atoms with Crippen LogP contribution >= 0.6 is 0 Å². The number of hydrogen-bond donors (Lipinski definition) is 2. The Bertz CT molecular complexity index is 580. The minimum atomic E-state index is -0.593. The summed E-state index contributed by atoms with van der Waals surface area (Å²) in [6.07, 6.45) is 8.39. The van der Waals surface area contributed by atoms with Crippen molar-refractivity contribution >= 4 is 11.8 Å². The molecule has 0 saturated carbocycles. The van der Waals surface area contributed by atoms with Crippen LogP contribution in [0.25, 0.3) is 0 Å². The molecule has 0 aliphatic carbocycles. The predicted octanol–water partition coefficient (Wildman–Crippen LogP) is 0.869. The van der Waals surface area contributed by atoms with Crippen molar-refractivity contribution in [2.24, 2.45) is 0 Å². The molecule has 2 saturated heterocycles. The third kappa shape index (κ3) is 3.86. The third-order valence-electron chi connectivity index (χ3n) is 5.32. The van der Waals surface area contributed by atoms with E-state index in [9.17, 15) is 9.59 Å². The first-order chi connectivity index (χ1) is 12.2. The molecule has 7 nitrogen and oxygen atoms in total. The van der Waals surface area contributed by atoms with Crippen molar-refractivity contribution in [1.82, 2.24) is 25.3 Å². The Morgan fingerprint density at radius 3 is 2.84 bits per heavy atom. The van der Waals surface area contributed by atoms with Crippen molar-refractivity contribution < 1.29 is 9.59 Å². The molecule has 0 aromatic carbocycles. The van der Waals surface area contributed by atoms with Crippen molar-refractivity contribution in [1.29, 1.82) is 0 Å². The number of carbonyl (C=O) groups excluding carboxylic acids is 2. The zero-order valence-electron chi connectivity index (χ0n) is 15.0. The van der Waals surface area contributed by atoms with Gasteiger partial charge in [-0.3, -0.25) is 14.3 Å². The second-order valence-electron chi connectivity index (χ2n) is 7.14. The zero-order valence-corrected chi connectivity index (χ0v) is 15.0. The number of piperidine rings is 2. The van der Waals surface area contributed by atoms with Crippen LogP contribution in [0.5, 0.6) is 0 Å². The minimum Gasteiger partial charge on any atom is -0.352 e. The molecular formula is C18H29N5O2. The van der Waals surface area contributed by atoms with E-state index in [1.54, 1.807) is 6.20 Å². The van der Waals surface area contributed by atoms with Gasteiger partial charge >= 0.3 is 0 Å². The van der Waals surface area contributed by atoms with Gasteiger partial charge in [0.25, 0.3) is 5.91 Å². The fraction of sp³-hybridized carbons (Fsp3) is 0.722. The molecule has 0 bridgehead atoms. The van der Waals surface area contributed by atoms with Gasteiger partial charge in [0.1, 0.15) is 5.54 Å². The molecule has 2 fully saturated rings. The first kappa shape index (κ1) is 17.9. The minimum absolute atomic E-state index is 0.0631. The lowest BCUT2D eigenvalue weighted by Gasteiger charge is -2.42. The van der Waals surface area contributed by atoms with Gasteiger partial charge in [0, 0.05) is 37.9 Å². The van der Waals surface area contributed by atoms with E-state index in [4.69, 9.17) is 0 Å². The Morgan fingerprint density at radius 2 is 2.16 bits per heavy atom. The van der Waals surface area contributed by atoms with Crippen LogP contribution in [0.15, 0.2) is 18.5 Å². The van der Waals surface area contributed by atoms with Crippen molar-refractivity contribution in [2.45, 2.75) is 57.0 Å². The van der Waals surface area contributed by atoms with Crippen LogP contribution in [0.1, 0.15) is 45.4 Å². The quantitative estimate of drug-likeness (QED) is 0.828. The number of hydrogen-bond acceptors (Lipinski definition) is 4. The van der Waals surface area contributed by atoms with Gasteiger partial charge in [-0.1, -0.05) is 6.92 Å². The van der Waals surface area contributed by atoms with Crippen molar-refractivity contribution in [3.8, 4) is 0 Å². The fourth-order valence-electron chi connectivity index (χ4n) is 4.00. The van der Waals surface area contributed by atoms with Crippen LogP contribution in [0.2, 0.25) is 0 Å². The number of nitrogens with zero attached hydrogens (tertiary/aromatic N) is 3. The molecule has 0 spiro atoms. The van der Waals surface area contributed by atoms with E-state index in [1.807, 2.05) is 28.8 Å². The molecular weight excluding hydrogens is 318 g/mol. The maximum Gasteiger partial charge on any atom is 0.250 e. The number of aromatic nitrogens is 2. The topological polar surface area (TPSA) is 79.3 Å². The highest BCUT2D eigenvalue weighted by Gasteiger charge is 2.45. The first-order valence-electron chi connectivity index (χ1n) is 9.45. The molecule has 138 valence electrons. The summed E-state index contributed by atoms with van der Waals surface area (Å²) in [5.41, 5.74) is -0.593. The van der Waals surface area contributed by atoms with Crippen molar-refractivity contribution in [2.75, 3.05) is 26.2 Å². The average Bonchev–Trinajstić information content (AvgIpc) is 3.17. The number of carbonyl (C=O) groups is 2. The Kier molecular flexibility index (Phi) is 5.73. The second-order valence-corrected chi connectivity index (χ2v) is 7.14. The Labute approximate surface area is 149 Å². The smallest absolute Gasteiger partial charge is 0.250 e. The van der Waals surface area contributed by atoms with Gasteiger partial charge in [0.15, 0.2) is 0 Å². The Morgan fingerprint density at radius 1 is 1.36 bits per heavy atom. The Balaban J connectivity index is 1.72. The molecule has 0 radical (unpaired) electrons. The molecule has 2 amide bonds. The molecule has 1 aromatic heterocycles. The summed E-state index contributed by atoms with van der Waals surface area (Å²) in [4.78, 5) is 27.3. The summed E-state index contributed by atoms with van der Waals surface area (Å²) in [5.74, 6) is 0.234. The van der Waals surface area contributed by atoms with E-state index < -0.39 is 5.54 Å². The third-order valence-corrected chi connectivity index (χ3v) is 5.32. The van der Waals surface area contributed by atoms with Gasteiger partial charge in [-0.25, -0.2) is 0 Å². The highest BCUT2D eigenvalue weighted by atomic mass is 16.2. The first-order valence-corrected chi connectivity index (χ1v) is 9.45. The lowest BCUT2D eigenvalue weighted by molar-refractivity contribution is -0.145. The SMILES string of the molecule is CCCC(=O)NC1CCCN(C(=O)C2(n3cccn3)CCNCC2)C1. The Hall–Kier alpha value is -1.89. The highest BCUT2D eigenvalue weighted by Crippen LogP contribution is 2.30. The molecule has 1 aromatic rings. The van der Waals surface area contributed by atoms with Crippen molar-refractivity contribution in [3.05, 3.63) is 18.5 Å². The maximum absolute atomic E-state index is 13.5. The van der Waals surface area contributed by atoms with Crippen LogP contribution in [0.4, 0.5) is 0 Å². The van der Waals surface area contributed by atoms with E-state index in [0.29, 0.717) is 13.0 Å². The summed E-state index contributed by atoms with van der Waals surface area (Å²) >= 11 is 0. The van der Waals surface area contributed by atoms with E-state index in [1.165, 1.54) is 0 Å². The van der Waals surface area contributed by atoms with E-state index in [2.05, 4.69) is 15.7 Å². The highest BCUT2D eigenvalue weighted by molar-refractivity contribution is 5.85. The number of amides is 2. The fourth-order valence-corrected chi connectivity index (χ4v) is 4.00. The molecule has 3 heterocycles. The number of rotatable bonds is 5. The van der Waals surface area contributed by atoms with Gasteiger partial charge in [-0.2, -0.15) is 5.10 Å². The van der Waals surface area contributed by atoms with E-state index in [-0.39, 0.29) is 17.9 Å². The van der Waals surface area contributed by atoms with Crippen LogP contribution in [-0.4, -0.2) is 58.7 Å². The molecule has 25 heavy (non-hydrogen) atoms. The van der Waals surface area contributed by atoms with Crippen LogP contribution in [-0.2, 0) is 15.1 Å². The monoisotopic (exact) mass is 347 g/mol. The van der Waals surface area contributed by atoms with Crippen LogP contribution in [0, 0.1) is 0 Å². The van der Waals surface area contributed by atoms with Gasteiger partial charge < -0.3 is 15.5 Å². The molecule has 3 rings (SSSR count). The second kappa shape index (κ2) is 7.99. The molecule has 2 aliphatic rings. The largest absolute Gasteiger partial charge is 0.352 e. The lowest BCUT2D eigenvalue weighted by Crippen LogP contribution is -2.59. The summed E-state index contributed by atoms with van der Waals surface area (Å²) in [5, 5.41) is 10.8. The predicted molar refractivity (Wildman–Crippen MR) is 95.0 cm³/mol. The molecule has 1 atom stereocenters. The summed E-state index contributed by atoms with van der Waals surface area (Å²) in [6, 6.07) is 1.94. The van der Waals surface area contributed by atoms with Gasteiger partial charge in [-0.05, 0) is 51.3 Å². The molecule has 7 heteroatoms. The van der Waals surface area contributed by atoms with Crippen molar-refractivity contribution in [3.63, 3.8) is 0 Å². The number of nitrogens with one attached hydrogen (secondary N) is 2. The van der Waals surface area contributed by atoms with E-state index >= 15 is 0 Å². The van der Waals surface area contributed by atoms with Gasteiger partial charge in [-0.15, -0.1) is 0 Å². The molecule has 1 unspecified atom stereocenters. The molecule has 2 N–H and O–H groups in total. The summed E-state index contributed by atoms with van der Waals surface area (Å²) in [7, 11) is 0. The van der Waals surface area contributed by atoms with Crippen LogP contribution < -0.4 is 10.6 Å². The van der Waals surface area contributed by atoms with Gasteiger partial charge in [0.2, 0.25) is 5.91 Å². The normalized spacial score (nSPS) is 23.2.